The Morgan fingerprint density at radius 1 is 1.17 bits per heavy atom. The van der Waals surface area contributed by atoms with Crippen molar-refractivity contribution in [3.63, 3.8) is 0 Å². The zero-order chi connectivity index (χ0) is 13.5. The Bertz CT molecular complexity index is 753. The summed E-state index contributed by atoms with van der Waals surface area (Å²) in [5, 5.41) is 0.892. The van der Waals surface area contributed by atoms with Gasteiger partial charge < -0.3 is 11.5 Å². The average molecular weight is 266 g/mol. The molecule has 0 unspecified atom stereocenters. The van der Waals surface area contributed by atoms with Crippen LogP contribution in [0, 0.1) is 0 Å². The third kappa shape index (κ3) is 2.01. The Balaban J connectivity index is 2.84. The van der Waals surface area contributed by atoms with Gasteiger partial charge in [0, 0.05) is 5.69 Å². The molecule has 0 bridgehead atoms. The average Bonchev–Trinajstić information content (AvgIpc) is 2.26. The molecule has 0 aromatic heterocycles. The minimum absolute atomic E-state index is 0.134. The molecule has 2 rings (SSSR count). The topological polar surface area (TPSA) is 123 Å². The molecule has 0 aliphatic rings. The van der Waals surface area contributed by atoms with Crippen LogP contribution in [0.5, 0.6) is 0 Å². The first-order valence-electron chi connectivity index (χ1n) is 4.90. The van der Waals surface area contributed by atoms with Crippen molar-refractivity contribution in [2.24, 2.45) is 5.73 Å². The van der Waals surface area contributed by atoms with E-state index in [1.54, 1.807) is 6.07 Å². The van der Waals surface area contributed by atoms with E-state index in [2.05, 4.69) is 0 Å². The van der Waals surface area contributed by atoms with Gasteiger partial charge in [0.05, 0.1) is 10.5 Å². The Morgan fingerprint density at radius 3 is 2.39 bits per heavy atom. The van der Waals surface area contributed by atoms with Crippen molar-refractivity contribution in [3.05, 3.63) is 35.9 Å². The van der Waals surface area contributed by atoms with E-state index in [0.717, 1.165) is 0 Å². The van der Waals surface area contributed by atoms with Gasteiger partial charge in [0.15, 0.2) is 0 Å². The van der Waals surface area contributed by atoms with E-state index in [1.165, 1.54) is 24.3 Å². The second-order valence-corrected chi connectivity index (χ2v) is 5.17. The zero-order valence-corrected chi connectivity index (χ0v) is 9.94. The molecule has 0 saturated heterocycles. The number of carbonyl (C=O) groups excluding carboxylic acids is 1. The van der Waals surface area contributed by atoms with Gasteiger partial charge in [-0.25, -0.2) is 0 Å². The van der Waals surface area contributed by atoms with Crippen LogP contribution >= 0.6 is 0 Å². The van der Waals surface area contributed by atoms with Crippen molar-refractivity contribution in [1.82, 2.24) is 0 Å². The zero-order valence-electron chi connectivity index (χ0n) is 9.12. The van der Waals surface area contributed by atoms with E-state index >= 15 is 0 Å². The van der Waals surface area contributed by atoms with Gasteiger partial charge in [-0.15, -0.1) is 0 Å². The van der Waals surface area contributed by atoms with Crippen molar-refractivity contribution in [2.75, 3.05) is 5.73 Å². The van der Waals surface area contributed by atoms with Gasteiger partial charge >= 0.3 is 0 Å². The maximum absolute atomic E-state index is 11.3. The van der Waals surface area contributed by atoms with Gasteiger partial charge in [-0.1, -0.05) is 12.1 Å². The number of rotatable bonds is 2. The Kier molecular flexibility index (Phi) is 2.72. The van der Waals surface area contributed by atoms with E-state index in [0.29, 0.717) is 10.8 Å². The summed E-state index contributed by atoms with van der Waals surface area (Å²) in [6.45, 7) is 0. The first-order valence-corrected chi connectivity index (χ1v) is 6.34. The maximum atomic E-state index is 11.3. The standard InChI is InChI=1S/C11H10N2O4S/c12-9-4-1-6-5-7(18(15,16)17)2-3-8(6)10(9)11(13)14/h1-5H,12H2,(H2,13,14)(H,15,16,17). The second kappa shape index (κ2) is 3.97. The molecule has 0 heterocycles. The van der Waals surface area contributed by atoms with Gasteiger partial charge in [0.25, 0.3) is 16.0 Å². The molecule has 0 aliphatic heterocycles. The number of fused-ring (bicyclic) bond motifs is 1. The largest absolute Gasteiger partial charge is 0.398 e. The van der Waals surface area contributed by atoms with Crippen molar-refractivity contribution in [1.29, 1.82) is 0 Å². The Morgan fingerprint density at radius 2 is 1.83 bits per heavy atom. The molecule has 7 heteroatoms. The van der Waals surface area contributed by atoms with Crippen LogP contribution in [0.2, 0.25) is 0 Å². The first-order chi connectivity index (χ1) is 8.30. The van der Waals surface area contributed by atoms with E-state index in [-0.39, 0.29) is 16.1 Å². The summed E-state index contributed by atoms with van der Waals surface area (Å²) in [6.07, 6.45) is 0. The minimum atomic E-state index is -4.28. The molecule has 1 amide bonds. The van der Waals surface area contributed by atoms with Crippen molar-refractivity contribution >= 4 is 32.5 Å². The first kappa shape index (κ1) is 12.3. The van der Waals surface area contributed by atoms with Crippen LogP contribution in [0.15, 0.2) is 35.2 Å². The molecule has 6 nitrogen and oxygen atoms in total. The van der Waals surface area contributed by atoms with Gasteiger partial charge in [0.1, 0.15) is 0 Å². The molecule has 94 valence electrons. The molecule has 0 saturated carbocycles. The summed E-state index contributed by atoms with van der Waals surface area (Å²) < 4.78 is 30.9. The smallest absolute Gasteiger partial charge is 0.294 e. The molecule has 2 aromatic carbocycles. The Hall–Kier alpha value is -2.12. The van der Waals surface area contributed by atoms with Crippen LogP contribution in [0.3, 0.4) is 0 Å². The number of benzene rings is 2. The second-order valence-electron chi connectivity index (χ2n) is 3.75. The quantitative estimate of drug-likeness (QED) is 0.547. The molecule has 18 heavy (non-hydrogen) atoms. The number of hydrogen-bond donors (Lipinski definition) is 3. The van der Waals surface area contributed by atoms with Crippen molar-refractivity contribution in [3.8, 4) is 0 Å². The lowest BCUT2D eigenvalue weighted by Crippen LogP contribution is -2.14. The highest BCUT2D eigenvalue weighted by molar-refractivity contribution is 7.85. The molecule has 2 aromatic rings. The lowest BCUT2D eigenvalue weighted by Gasteiger charge is -2.07. The summed E-state index contributed by atoms with van der Waals surface area (Å²) in [6, 6.07) is 6.82. The van der Waals surface area contributed by atoms with Crippen molar-refractivity contribution < 1.29 is 17.8 Å². The fraction of sp³-hybridized carbons (Fsp3) is 0. The van der Waals surface area contributed by atoms with Gasteiger partial charge in [-0.2, -0.15) is 8.42 Å². The minimum Gasteiger partial charge on any atom is -0.398 e. The lowest BCUT2D eigenvalue weighted by atomic mass is 10.0. The third-order valence-electron chi connectivity index (χ3n) is 2.57. The molecule has 0 aliphatic carbocycles. The third-order valence-corrected chi connectivity index (χ3v) is 3.42. The number of nitrogen functional groups attached to an aromatic ring is 1. The molecular weight excluding hydrogens is 256 g/mol. The molecule has 5 N–H and O–H groups in total. The number of nitrogens with two attached hydrogens (primary N) is 2. The number of carbonyl (C=O) groups is 1. The van der Waals surface area contributed by atoms with Crippen LogP contribution in [0.4, 0.5) is 5.69 Å². The maximum Gasteiger partial charge on any atom is 0.294 e. The van der Waals surface area contributed by atoms with E-state index in [4.69, 9.17) is 16.0 Å². The number of primary amides is 1. The van der Waals surface area contributed by atoms with Gasteiger partial charge in [-0.05, 0) is 29.0 Å². The molecule has 0 radical (unpaired) electrons. The molecular formula is C11H10N2O4S. The molecule has 0 spiro atoms. The number of hydrogen-bond acceptors (Lipinski definition) is 4. The predicted molar refractivity (Wildman–Crippen MR) is 66.7 cm³/mol. The van der Waals surface area contributed by atoms with Crippen molar-refractivity contribution in [2.45, 2.75) is 4.90 Å². The predicted octanol–water partition coefficient (Wildman–Crippen LogP) is 0.768. The summed E-state index contributed by atoms with van der Waals surface area (Å²) >= 11 is 0. The normalized spacial score (nSPS) is 11.6. The van der Waals surface area contributed by atoms with Gasteiger partial charge in [-0.3, -0.25) is 9.35 Å². The highest BCUT2D eigenvalue weighted by Crippen LogP contribution is 2.26. The summed E-state index contributed by atoms with van der Waals surface area (Å²) in [4.78, 5) is 11.0. The molecule has 0 atom stereocenters. The highest BCUT2D eigenvalue weighted by atomic mass is 32.2. The number of anilines is 1. The van der Waals surface area contributed by atoms with Crippen LogP contribution in [-0.4, -0.2) is 18.9 Å². The highest BCUT2D eigenvalue weighted by Gasteiger charge is 2.14. The fourth-order valence-corrected chi connectivity index (χ4v) is 2.28. The van der Waals surface area contributed by atoms with E-state index < -0.39 is 16.0 Å². The monoisotopic (exact) mass is 266 g/mol. The summed E-state index contributed by atoms with van der Waals surface area (Å²) in [7, 11) is -4.28. The van der Waals surface area contributed by atoms with Crippen LogP contribution in [-0.2, 0) is 10.1 Å². The van der Waals surface area contributed by atoms with Gasteiger partial charge in [0.2, 0.25) is 0 Å². The Labute approximate surface area is 103 Å². The summed E-state index contributed by atoms with van der Waals surface area (Å²) in [5.41, 5.74) is 11.2. The SMILES string of the molecule is NC(=O)c1c(N)ccc2cc(S(=O)(=O)O)ccc12. The summed E-state index contributed by atoms with van der Waals surface area (Å²) in [5.74, 6) is -0.697. The molecule has 0 fully saturated rings. The van der Waals surface area contributed by atoms with E-state index in [9.17, 15) is 13.2 Å². The van der Waals surface area contributed by atoms with Crippen LogP contribution in [0.1, 0.15) is 10.4 Å². The fourth-order valence-electron chi connectivity index (χ4n) is 1.76. The lowest BCUT2D eigenvalue weighted by molar-refractivity contribution is 0.100. The van der Waals surface area contributed by atoms with E-state index in [1.807, 2.05) is 0 Å². The van der Waals surface area contributed by atoms with Crippen LogP contribution < -0.4 is 11.5 Å². The number of amides is 1. The van der Waals surface area contributed by atoms with Crippen LogP contribution in [0.25, 0.3) is 10.8 Å².